The van der Waals surface area contributed by atoms with Crippen molar-refractivity contribution in [1.29, 1.82) is 0 Å². The number of methoxy groups -OCH3 is 1. The molecule has 21 heavy (non-hydrogen) atoms. The summed E-state index contributed by atoms with van der Waals surface area (Å²) in [6, 6.07) is 7.06. The second-order valence-corrected chi connectivity index (χ2v) is 4.45. The highest BCUT2D eigenvalue weighted by atomic mass is 16.5. The Morgan fingerprint density at radius 3 is 2.24 bits per heavy atom. The van der Waals surface area contributed by atoms with Gasteiger partial charge in [-0.15, -0.1) is 0 Å². The van der Waals surface area contributed by atoms with Crippen molar-refractivity contribution in [3.8, 4) is 5.75 Å². The molecule has 0 saturated carbocycles. The Kier molecular flexibility index (Phi) is 7.25. The van der Waals surface area contributed by atoms with Crippen molar-refractivity contribution in [2.45, 2.75) is 13.8 Å². The molecule has 0 unspecified atom stereocenters. The minimum absolute atomic E-state index is 0.00255. The van der Waals surface area contributed by atoms with Gasteiger partial charge >= 0.3 is 0 Å². The zero-order valence-corrected chi connectivity index (χ0v) is 12.8. The number of anilines is 1. The lowest BCUT2D eigenvalue weighted by molar-refractivity contribution is -0.129. The van der Waals surface area contributed by atoms with Gasteiger partial charge < -0.3 is 15.0 Å². The second kappa shape index (κ2) is 8.97. The van der Waals surface area contributed by atoms with E-state index in [9.17, 15) is 9.59 Å². The SMILES string of the molecule is CCN(CC)C(=O)CNCC(=O)Nc1ccc(OC)cc1. The Morgan fingerprint density at radius 2 is 1.71 bits per heavy atom. The van der Waals surface area contributed by atoms with E-state index in [1.165, 1.54) is 0 Å². The molecule has 0 spiro atoms. The first-order valence-electron chi connectivity index (χ1n) is 7.03. The molecule has 116 valence electrons. The van der Waals surface area contributed by atoms with Crippen molar-refractivity contribution in [3.63, 3.8) is 0 Å². The highest BCUT2D eigenvalue weighted by Gasteiger charge is 2.09. The number of carbonyl (C=O) groups excluding carboxylic acids is 2. The Hall–Kier alpha value is -2.08. The average Bonchev–Trinajstić information content (AvgIpc) is 2.49. The average molecular weight is 293 g/mol. The number of nitrogens with zero attached hydrogens (tertiary/aromatic N) is 1. The van der Waals surface area contributed by atoms with E-state index >= 15 is 0 Å². The first kappa shape index (κ1) is 17.0. The van der Waals surface area contributed by atoms with E-state index in [-0.39, 0.29) is 24.9 Å². The molecule has 0 fully saturated rings. The highest BCUT2D eigenvalue weighted by molar-refractivity contribution is 5.92. The smallest absolute Gasteiger partial charge is 0.238 e. The summed E-state index contributed by atoms with van der Waals surface area (Å²) < 4.78 is 5.04. The molecule has 0 bridgehead atoms. The third kappa shape index (κ3) is 5.83. The molecule has 0 aliphatic carbocycles. The number of amides is 2. The van der Waals surface area contributed by atoms with Gasteiger partial charge in [0.25, 0.3) is 0 Å². The number of likely N-dealkylation sites (N-methyl/N-ethyl adjacent to an activating group) is 1. The molecule has 2 amide bonds. The Balaban J connectivity index is 2.32. The fourth-order valence-corrected chi connectivity index (χ4v) is 1.85. The van der Waals surface area contributed by atoms with Gasteiger partial charge in [0.1, 0.15) is 5.75 Å². The quantitative estimate of drug-likeness (QED) is 0.753. The van der Waals surface area contributed by atoms with Crippen LogP contribution in [-0.4, -0.2) is 50.0 Å². The molecule has 0 saturated heterocycles. The van der Waals surface area contributed by atoms with Crippen LogP contribution in [0.15, 0.2) is 24.3 Å². The summed E-state index contributed by atoms with van der Waals surface area (Å²) in [5, 5.41) is 5.59. The fraction of sp³-hybridized carbons (Fsp3) is 0.467. The maximum atomic E-state index is 11.7. The second-order valence-electron chi connectivity index (χ2n) is 4.45. The number of ether oxygens (including phenoxy) is 1. The zero-order valence-electron chi connectivity index (χ0n) is 12.8. The molecule has 0 aliphatic rings. The van der Waals surface area contributed by atoms with Crippen LogP contribution < -0.4 is 15.4 Å². The molecule has 0 radical (unpaired) electrons. The van der Waals surface area contributed by atoms with Gasteiger partial charge in [-0.25, -0.2) is 0 Å². The van der Waals surface area contributed by atoms with E-state index in [0.717, 1.165) is 5.75 Å². The number of hydrogen-bond acceptors (Lipinski definition) is 4. The minimum atomic E-state index is -0.187. The van der Waals surface area contributed by atoms with Crippen molar-refractivity contribution in [3.05, 3.63) is 24.3 Å². The predicted octanol–water partition coefficient (Wildman–Crippen LogP) is 1.09. The largest absolute Gasteiger partial charge is 0.497 e. The molecular weight excluding hydrogens is 270 g/mol. The predicted molar refractivity (Wildman–Crippen MR) is 82.4 cm³/mol. The van der Waals surface area contributed by atoms with Gasteiger partial charge in [0.15, 0.2) is 0 Å². The van der Waals surface area contributed by atoms with E-state index in [2.05, 4.69) is 10.6 Å². The van der Waals surface area contributed by atoms with Crippen LogP contribution in [0.4, 0.5) is 5.69 Å². The van der Waals surface area contributed by atoms with Gasteiger partial charge in [0.2, 0.25) is 11.8 Å². The molecule has 0 aliphatic heterocycles. The van der Waals surface area contributed by atoms with E-state index in [4.69, 9.17) is 4.74 Å². The summed E-state index contributed by atoms with van der Waals surface area (Å²) in [7, 11) is 1.59. The van der Waals surface area contributed by atoms with E-state index in [0.29, 0.717) is 18.8 Å². The normalized spacial score (nSPS) is 10.0. The van der Waals surface area contributed by atoms with Gasteiger partial charge in [0.05, 0.1) is 20.2 Å². The number of nitrogens with one attached hydrogen (secondary N) is 2. The number of carbonyl (C=O) groups is 2. The molecule has 1 rings (SSSR count). The summed E-state index contributed by atoms with van der Waals surface area (Å²) in [6.45, 7) is 5.47. The lowest BCUT2D eigenvalue weighted by Crippen LogP contribution is -2.40. The molecule has 2 N–H and O–H groups in total. The van der Waals surface area contributed by atoms with Crippen LogP contribution in [0.25, 0.3) is 0 Å². The van der Waals surface area contributed by atoms with Crippen molar-refractivity contribution >= 4 is 17.5 Å². The zero-order chi connectivity index (χ0) is 15.7. The van der Waals surface area contributed by atoms with Crippen molar-refractivity contribution in [1.82, 2.24) is 10.2 Å². The van der Waals surface area contributed by atoms with Crippen LogP contribution in [0, 0.1) is 0 Å². The van der Waals surface area contributed by atoms with Crippen LogP contribution in [-0.2, 0) is 9.59 Å². The number of rotatable bonds is 8. The molecule has 6 nitrogen and oxygen atoms in total. The van der Waals surface area contributed by atoms with E-state index < -0.39 is 0 Å². The third-order valence-electron chi connectivity index (χ3n) is 3.05. The molecule has 1 aromatic carbocycles. The maximum absolute atomic E-state index is 11.7. The summed E-state index contributed by atoms with van der Waals surface area (Å²) >= 11 is 0. The minimum Gasteiger partial charge on any atom is -0.497 e. The van der Waals surface area contributed by atoms with Gasteiger partial charge in [-0.2, -0.15) is 0 Å². The molecule has 1 aromatic rings. The van der Waals surface area contributed by atoms with Crippen molar-refractivity contribution < 1.29 is 14.3 Å². The Labute approximate surface area is 125 Å². The van der Waals surface area contributed by atoms with Gasteiger partial charge in [-0.05, 0) is 38.1 Å². The Morgan fingerprint density at radius 1 is 1.10 bits per heavy atom. The maximum Gasteiger partial charge on any atom is 0.238 e. The molecule has 0 aromatic heterocycles. The molecule has 6 heteroatoms. The standard InChI is InChI=1S/C15H23N3O3/c1-4-18(5-2)15(20)11-16-10-14(19)17-12-6-8-13(21-3)9-7-12/h6-9,16H,4-5,10-11H2,1-3H3,(H,17,19). The van der Waals surface area contributed by atoms with Crippen LogP contribution in [0.5, 0.6) is 5.75 Å². The summed E-state index contributed by atoms with van der Waals surface area (Å²) in [5.74, 6) is 0.542. The van der Waals surface area contributed by atoms with E-state index in [1.54, 1.807) is 36.3 Å². The van der Waals surface area contributed by atoms with Gasteiger partial charge in [-0.3, -0.25) is 14.9 Å². The Bertz CT molecular complexity index is 456. The number of benzene rings is 1. The van der Waals surface area contributed by atoms with Gasteiger partial charge in [0, 0.05) is 18.8 Å². The molecule has 0 heterocycles. The molecular formula is C15H23N3O3. The highest BCUT2D eigenvalue weighted by Crippen LogP contribution is 2.14. The van der Waals surface area contributed by atoms with Crippen molar-refractivity contribution in [2.24, 2.45) is 0 Å². The third-order valence-corrected chi connectivity index (χ3v) is 3.05. The summed E-state index contributed by atoms with van der Waals surface area (Å²) in [5.41, 5.74) is 0.692. The summed E-state index contributed by atoms with van der Waals surface area (Å²) in [4.78, 5) is 25.2. The first-order chi connectivity index (χ1) is 10.1. The van der Waals surface area contributed by atoms with E-state index in [1.807, 2.05) is 13.8 Å². The first-order valence-corrected chi connectivity index (χ1v) is 7.03. The van der Waals surface area contributed by atoms with Crippen LogP contribution in [0.1, 0.15) is 13.8 Å². The lowest BCUT2D eigenvalue weighted by Gasteiger charge is -2.18. The van der Waals surface area contributed by atoms with Crippen LogP contribution in [0.3, 0.4) is 0 Å². The van der Waals surface area contributed by atoms with Crippen LogP contribution >= 0.6 is 0 Å². The summed E-state index contributed by atoms with van der Waals surface area (Å²) in [6.07, 6.45) is 0. The van der Waals surface area contributed by atoms with Crippen LogP contribution in [0.2, 0.25) is 0 Å². The van der Waals surface area contributed by atoms with Gasteiger partial charge in [-0.1, -0.05) is 0 Å². The topological polar surface area (TPSA) is 70.7 Å². The molecule has 0 atom stereocenters. The number of hydrogen-bond donors (Lipinski definition) is 2. The monoisotopic (exact) mass is 293 g/mol. The lowest BCUT2D eigenvalue weighted by atomic mass is 10.3. The van der Waals surface area contributed by atoms with Crippen molar-refractivity contribution in [2.75, 3.05) is 38.6 Å². The fourth-order valence-electron chi connectivity index (χ4n) is 1.85.